The third-order valence-corrected chi connectivity index (χ3v) is 4.32. The number of allylic oxidation sites excluding steroid dienone is 2. The highest BCUT2D eigenvalue weighted by molar-refractivity contribution is 5.89. The molecule has 0 saturated heterocycles. The molecule has 0 aromatic heterocycles. The second kappa shape index (κ2) is 8.05. The SMILES string of the molecule is C/C=C/CCc1ccc(-c2ccc3cc(C=C(F)F)ccc3c2)c(F)c1. The molecule has 3 aromatic carbocycles. The van der Waals surface area contributed by atoms with Gasteiger partial charge in [-0.15, -0.1) is 0 Å². The topological polar surface area (TPSA) is 0 Å². The van der Waals surface area contributed by atoms with Crippen LogP contribution in [-0.4, -0.2) is 0 Å². The van der Waals surface area contributed by atoms with Crippen LogP contribution in [0.5, 0.6) is 0 Å². The molecule has 0 aliphatic carbocycles. The van der Waals surface area contributed by atoms with E-state index in [1.165, 1.54) is 0 Å². The Morgan fingerprint density at radius 2 is 1.69 bits per heavy atom. The number of fused-ring (bicyclic) bond motifs is 1. The summed E-state index contributed by atoms with van der Waals surface area (Å²) in [6.45, 7) is 1.97. The van der Waals surface area contributed by atoms with Gasteiger partial charge in [0.1, 0.15) is 5.82 Å². The van der Waals surface area contributed by atoms with Gasteiger partial charge in [-0.3, -0.25) is 0 Å². The molecule has 0 N–H and O–H groups in total. The lowest BCUT2D eigenvalue weighted by molar-refractivity contribution is 0.429. The van der Waals surface area contributed by atoms with Gasteiger partial charge in [-0.05, 0) is 65.4 Å². The van der Waals surface area contributed by atoms with E-state index >= 15 is 0 Å². The third-order valence-electron chi connectivity index (χ3n) is 4.32. The second-order valence-electron chi connectivity index (χ2n) is 6.18. The zero-order valence-electron chi connectivity index (χ0n) is 14.5. The summed E-state index contributed by atoms with van der Waals surface area (Å²) in [7, 11) is 0. The van der Waals surface area contributed by atoms with Crippen molar-refractivity contribution in [2.24, 2.45) is 0 Å². The van der Waals surface area contributed by atoms with Crippen molar-refractivity contribution < 1.29 is 13.2 Å². The van der Waals surface area contributed by atoms with Crippen LogP contribution in [0.4, 0.5) is 13.2 Å². The molecule has 0 fully saturated rings. The molecule has 0 heterocycles. The number of hydrogen-bond donors (Lipinski definition) is 0. The minimum absolute atomic E-state index is 0.249. The first-order valence-corrected chi connectivity index (χ1v) is 8.53. The smallest absolute Gasteiger partial charge is 0.206 e. The van der Waals surface area contributed by atoms with Crippen molar-refractivity contribution in [1.29, 1.82) is 0 Å². The van der Waals surface area contributed by atoms with E-state index in [1.807, 2.05) is 37.3 Å². The molecule has 0 unspecified atom stereocenters. The van der Waals surface area contributed by atoms with E-state index in [4.69, 9.17) is 0 Å². The average Bonchev–Trinajstić information content (AvgIpc) is 2.61. The summed E-state index contributed by atoms with van der Waals surface area (Å²) in [5, 5.41) is 1.72. The van der Waals surface area contributed by atoms with Crippen molar-refractivity contribution in [1.82, 2.24) is 0 Å². The van der Waals surface area contributed by atoms with E-state index in [0.29, 0.717) is 11.1 Å². The first-order chi connectivity index (χ1) is 12.6. The van der Waals surface area contributed by atoms with Crippen molar-refractivity contribution in [3.63, 3.8) is 0 Å². The number of rotatable bonds is 5. The molecule has 26 heavy (non-hydrogen) atoms. The number of hydrogen-bond acceptors (Lipinski definition) is 0. The highest BCUT2D eigenvalue weighted by Gasteiger charge is 2.07. The molecule has 0 nitrogen and oxygen atoms in total. The zero-order chi connectivity index (χ0) is 18.5. The van der Waals surface area contributed by atoms with Crippen LogP contribution in [0, 0.1) is 5.82 Å². The first kappa shape index (κ1) is 18.0. The number of aryl methyl sites for hydroxylation is 1. The summed E-state index contributed by atoms with van der Waals surface area (Å²) < 4.78 is 39.3. The normalized spacial score (nSPS) is 11.2. The molecule has 0 bridgehead atoms. The van der Waals surface area contributed by atoms with Gasteiger partial charge in [-0.2, -0.15) is 8.78 Å². The van der Waals surface area contributed by atoms with Gasteiger partial charge in [-0.25, -0.2) is 4.39 Å². The summed E-state index contributed by atoms with van der Waals surface area (Å²) in [6, 6.07) is 16.0. The van der Waals surface area contributed by atoms with Crippen LogP contribution in [0.1, 0.15) is 24.5 Å². The van der Waals surface area contributed by atoms with Crippen LogP contribution in [-0.2, 0) is 6.42 Å². The molecule has 3 rings (SSSR count). The van der Waals surface area contributed by atoms with Crippen molar-refractivity contribution >= 4 is 16.8 Å². The molecule has 0 saturated carbocycles. The van der Waals surface area contributed by atoms with Crippen molar-refractivity contribution in [3.8, 4) is 11.1 Å². The molecular formula is C23H19F3. The summed E-state index contributed by atoms with van der Waals surface area (Å²) in [6.07, 6.45) is 4.86. The lowest BCUT2D eigenvalue weighted by atomic mass is 9.98. The molecule has 0 spiro atoms. The fourth-order valence-electron chi connectivity index (χ4n) is 3.01. The predicted octanol–water partition coefficient (Wildman–Crippen LogP) is 7.39. The molecule has 3 heteroatoms. The van der Waals surface area contributed by atoms with Crippen LogP contribution in [0.15, 0.2) is 72.8 Å². The molecule has 0 aliphatic rings. The maximum Gasteiger partial charge on any atom is 0.270 e. The monoisotopic (exact) mass is 352 g/mol. The molecule has 132 valence electrons. The van der Waals surface area contributed by atoms with E-state index in [1.54, 1.807) is 30.3 Å². The van der Waals surface area contributed by atoms with Crippen LogP contribution in [0.25, 0.3) is 28.0 Å². The quantitative estimate of drug-likeness (QED) is 0.420. The number of benzene rings is 3. The summed E-state index contributed by atoms with van der Waals surface area (Å²) in [4.78, 5) is 0. The minimum atomic E-state index is -1.72. The first-order valence-electron chi connectivity index (χ1n) is 8.53. The van der Waals surface area contributed by atoms with Gasteiger partial charge in [0, 0.05) is 11.6 Å². The molecule has 0 amide bonds. The van der Waals surface area contributed by atoms with E-state index in [-0.39, 0.29) is 5.82 Å². The molecule has 0 aliphatic heterocycles. The summed E-state index contributed by atoms with van der Waals surface area (Å²) in [5.74, 6) is -0.249. The maximum atomic E-state index is 14.5. The van der Waals surface area contributed by atoms with Gasteiger partial charge in [0.25, 0.3) is 6.08 Å². The Balaban J connectivity index is 1.91. The number of halogens is 3. The predicted molar refractivity (Wildman–Crippen MR) is 103 cm³/mol. The molecular weight excluding hydrogens is 333 g/mol. The largest absolute Gasteiger partial charge is 0.270 e. The summed E-state index contributed by atoms with van der Waals surface area (Å²) in [5.41, 5.74) is 2.73. The summed E-state index contributed by atoms with van der Waals surface area (Å²) >= 11 is 0. The van der Waals surface area contributed by atoms with E-state index < -0.39 is 6.08 Å². The third kappa shape index (κ3) is 4.23. The Hall–Kier alpha value is -2.81. The Morgan fingerprint density at radius 1 is 0.923 bits per heavy atom. The lowest BCUT2D eigenvalue weighted by Crippen LogP contribution is -1.90. The molecule has 0 atom stereocenters. The van der Waals surface area contributed by atoms with Crippen molar-refractivity contribution in [3.05, 3.63) is 89.8 Å². The zero-order valence-corrected chi connectivity index (χ0v) is 14.5. The molecule has 0 radical (unpaired) electrons. The standard InChI is InChI=1S/C23H19F3/c1-2-3-4-5-16-7-11-21(22(24)13-16)20-10-9-18-12-17(14-23(25)26)6-8-19(18)15-20/h2-3,6-15H,4-5H2,1H3/b3-2+. The van der Waals surface area contributed by atoms with E-state index in [9.17, 15) is 13.2 Å². The highest BCUT2D eigenvalue weighted by Crippen LogP contribution is 2.28. The van der Waals surface area contributed by atoms with Crippen LogP contribution < -0.4 is 0 Å². The highest BCUT2D eigenvalue weighted by atomic mass is 19.3. The minimum Gasteiger partial charge on any atom is -0.206 e. The second-order valence-corrected chi connectivity index (χ2v) is 6.18. The fraction of sp³-hybridized carbons (Fsp3) is 0.130. The van der Waals surface area contributed by atoms with Gasteiger partial charge in [0.15, 0.2) is 0 Å². The van der Waals surface area contributed by atoms with Gasteiger partial charge < -0.3 is 0 Å². The Bertz CT molecular complexity index is 980. The lowest BCUT2D eigenvalue weighted by Gasteiger charge is -2.08. The van der Waals surface area contributed by atoms with E-state index in [0.717, 1.165) is 40.8 Å². The van der Waals surface area contributed by atoms with Crippen LogP contribution in [0.3, 0.4) is 0 Å². The Kier molecular flexibility index (Phi) is 5.57. The van der Waals surface area contributed by atoms with Crippen LogP contribution >= 0.6 is 0 Å². The van der Waals surface area contributed by atoms with Gasteiger partial charge in [0.2, 0.25) is 0 Å². The maximum absolute atomic E-state index is 14.5. The molecule has 3 aromatic rings. The van der Waals surface area contributed by atoms with Crippen LogP contribution in [0.2, 0.25) is 0 Å². The van der Waals surface area contributed by atoms with Gasteiger partial charge >= 0.3 is 0 Å². The van der Waals surface area contributed by atoms with Crippen molar-refractivity contribution in [2.75, 3.05) is 0 Å². The fourth-order valence-corrected chi connectivity index (χ4v) is 3.01. The Labute approximate surface area is 151 Å². The Morgan fingerprint density at radius 3 is 2.42 bits per heavy atom. The average molecular weight is 352 g/mol. The van der Waals surface area contributed by atoms with E-state index in [2.05, 4.69) is 6.08 Å². The van der Waals surface area contributed by atoms with Crippen molar-refractivity contribution in [2.45, 2.75) is 19.8 Å². The van der Waals surface area contributed by atoms with Gasteiger partial charge in [-0.1, -0.05) is 48.6 Å². The van der Waals surface area contributed by atoms with Gasteiger partial charge in [0.05, 0.1) is 0 Å².